The maximum atomic E-state index is 13.6. The number of H-pyrrole nitrogens is 1. The number of nitrogens with one attached hydrogen (secondary N) is 1. The quantitative estimate of drug-likeness (QED) is 0.333. The van der Waals surface area contributed by atoms with Crippen LogP contribution in [0.4, 0.5) is 0 Å². The van der Waals surface area contributed by atoms with Gasteiger partial charge in [0.1, 0.15) is 12.3 Å². The van der Waals surface area contributed by atoms with Crippen LogP contribution in [0.15, 0.2) is 85.1 Å². The highest BCUT2D eigenvalue weighted by molar-refractivity contribution is 5.97. The summed E-state index contributed by atoms with van der Waals surface area (Å²) in [6, 6.07) is 25.1. The number of rotatable bonds is 10. The van der Waals surface area contributed by atoms with E-state index in [2.05, 4.69) is 17.1 Å². The van der Waals surface area contributed by atoms with Crippen LogP contribution in [-0.4, -0.2) is 52.8 Å². The van der Waals surface area contributed by atoms with Crippen LogP contribution < -0.4 is 4.74 Å². The number of methoxy groups -OCH3 is 1. The normalized spacial score (nSPS) is 11.0. The van der Waals surface area contributed by atoms with Gasteiger partial charge in [0.2, 0.25) is 5.91 Å². The van der Waals surface area contributed by atoms with Gasteiger partial charge in [-0.3, -0.25) is 9.59 Å². The first-order valence-corrected chi connectivity index (χ1v) is 12.3. The highest BCUT2D eigenvalue weighted by Gasteiger charge is 2.25. The van der Waals surface area contributed by atoms with Gasteiger partial charge in [0.15, 0.2) is 0 Å². The molecular weight excluding hydrogens is 450 g/mol. The number of carbonyl (C=O) groups is 2. The second kappa shape index (κ2) is 11.6. The van der Waals surface area contributed by atoms with Crippen LogP contribution in [-0.2, 0) is 17.8 Å². The van der Waals surface area contributed by atoms with E-state index in [1.165, 1.54) is 10.9 Å². The summed E-state index contributed by atoms with van der Waals surface area (Å²) in [6.45, 7) is 4.91. The second-order valence-corrected chi connectivity index (χ2v) is 9.17. The van der Waals surface area contributed by atoms with Gasteiger partial charge in [-0.2, -0.15) is 0 Å². The first-order valence-electron chi connectivity index (χ1n) is 12.3. The van der Waals surface area contributed by atoms with Gasteiger partial charge in [-0.15, -0.1) is 0 Å². The number of nitrogens with zero attached hydrogens (tertiary/aromatic N) is 2. The summed E-state index contributed by atoms with van der Waals surface area (Å²) in [4.78, 5) is 33.8. The van der Waals surface area contributed by atoms with Crippen LogP contribution in [0.3, 0.4) is 0 Å². The molecule has 0 bridgehead atoms. The lowest BCUT2D eigenvalue weighted by molar-refractivity contribution is -0.132. The Morgan fingerprint density at radius 1 is 0.944 bits per heavy atom. The van der Waals surface area contributed by atoms with Gasteiger partial charge in [0, 0.05) is 41.8 Å². The van der Waals surface area contributed by atoms with Crippen molar-refractivity contribution < 1.29 is 14.3 Å². The first-order chi connectivity index (χ1) is 17.5. The number of aromatic amines is 1. The Balaban J connectivity index is 1.54. The first kappa shape index (κ1) is 25.0. The van der Waals surface area contributed by atoms with Gasteiger partial charge in [-0.05, 0) is 55.7 Å². The van der Waals surface area contributed by atoms with Crippen molar-refractivity contribution in [1.82, 2.24) is 14.8 Å². The van der Waals surface area contributed by atoms with Crippen LogP contribution in [0.25, 0.3) is 10.9 Å². The smallest absolute Gasteiger partial charge is 0.254 e. The maximum absolute atomic E-state index is 13.6. The van der Waals surface area contributed by atoms with Crippen LogP contribution >= 0.6 is 0 Å². The molecular formula is C30H33N3O3. The van der Waals surface area contributed by atoms with Crippen molar-refractivity contribution in [3.8, 4) is 5.75 Å². The van der Waals surface area contributed by atoms with E-state index in [0.717, 1.165) is 11.1 Å². The summed E-state index contributed by atoms with van der Waals surface area (Å²) >= 11 is 0. The number of fused-ring (bicyclic) bond motifs is 1. The summed E-state index contributed by atoms with van der Waals surface area (Å²) in [5.74, 6) is 0.345. The minimum absolute atomic E-state index is 0.00836. The molecule has 4 aromatic rings. The summed E-state index contributed by atoms with van der Waals surface area (Å²) in [7, 11) is 1.57. The standard InChI is InChI=1S/C30H33N3O3/c1-22(2)33(30(35)24-12-9-13-26(18-24)36-3)21-29(34)32(20-23-10-5-4-6-11-23)17-16-25-19-31-28-15-8-7-14-27(25)28/h4-15,18-19,22,31H,16-17,20-21H2,1-3H3. The summed E-state index contributed by atoms with van der Waals surface area (Å²) < 4.78 is 5.28. The van der Waals surface area contributed by atoms with E-state index in [-0.39, 0.29) is 24.4 Å². The lowest BCUT2D eigenvalue weighted by Gasteiger charge is -2.30. The third-order valence-electron chi connectivity index (χ3n) is 6.40. The van der Waals surface area contributed by atoms with Gasteiger partial charge in [0.05, 0.1) is 7.11 Å². The number of hydrogen-bond donors (Lipinski definition) is 1. The molecule has 6 heteroatoms. The Labute approximate surface area is 212 Å². The molecule has 6 nitrogen and oxygen atoms in total. The molecule has 0 unspecified atom stereocenters. The third-order valence-corrected chi connectivity index (χ3v) is 6.40. The largest absolute Gasteiger partial charge is 0.497 e. The van der Waals surface area contributed by atoms with E-state index in [9.17, 15) is 9.59 Å². The number of aromatic nitrogens is 1. The van der Waals surface area contributed by atoms with Gasteiger partial charge < -0.3 is 19.5 Å². The summed E-state index contributed by atoms with van der Waals surface area (Å²) in [5, 5.41) is 1.17. The molecule has 186 valence electrons. The fourth-order valence-corrected chi connectivity index (χ4v) is 4.35. The average Bonchev–Trinajstić information content (AvgIpc) is 3.32. The lowest BCUT2D eigenvalue weighted by atomic mass is 10.1. The van der Waals surface area contributed by atoms with Gasteiger partial charge in [0.25, 0.3) is 5.91 Å². The zero-order valence-corrected chi connectivity index (χ0v) is 21.1. The van der Waals surface area contributed by atoms with E-state index >= 15 is 0 Å². The Hall–Kier alpha value is -4.06. The Morgan fingerprint density at radius 2 is 1.69 bits per heavy atom. The minimum Gasteiger partial charge on any atom is -0.497 e. The molecule has 1 heterocycles. The van der Waals surface area contributed by atoms with E-state index in [1.54, 1.807) is 36.3 Å². The molecule has 3 aromatic carbocycles. The Morgan fingerprint density at radius 3 is 2.44 bits per heavy atom. The second-order valence-electron chi connectivity index (χ2n) is 9.17. The molecule has 0 radical (unpaired) electrons. The molecule has 1 N–H and O–H groups in total. The SMILES string of the molecule is COc1cccc(C(=O)N(CC(=O)N(CCc2c[nH]c3ccccc23)Cc2ccccc2)C(C)C)c1. The van der Waals surface area contributed by atoms with Gasteiger partial charge >= 0.3 is 0 Å². The third kappa shape index (κ3) is 5.95. The van der Waals surface area contributed by atoms with Crippen LogP contribution in [0.5, 0.6) is 5.75 Å². The molecule has 0 aliphatic rings. The monoisotopic (exact) mass is 483 g/mol. The van der Waals surface area contributed by atoms with Crippen LogP contribution in [0, 0.1) is 0 Å². The lowest BCUT2D eigenvalue weighted by Crippen LogP contribution is -2.46. The predicted octanol–water partition coefficient (Wildman–Crippen LogP) is 5.30. The van der Waals surface area contributed by atoms with Crippen molar-refractivity contribution in [3.63, 3.8) is 0 Å². The van der Waals surface area contributed by atoms with Crippen molar-refractivity contribution in [1.29, 1.82) is 0 Å². The van der Waals surface area contributed by atoms with E-state index < -0.39 is 0 Å². The number of benzene rings is 3. The molecule has 0 saturated carbocycles. The van der Waals surface area contributed by atoms with Crippen molar-refractivity contribution in [2.24, 2.45) is 0 Å². The summed E-state index contributed by atoms with van der Waals surface area (Å²) in [6.07, 6.45) is 2.73. The van der Waals surface area contributed by atoms with E-state index in [0.29, 0.717) is 30.8 Å². The molecule has 0 fully saturated rings. The number of carbonyl (C=O) groups excluding carboxylic acids is 2. The number of amides is 2. The fourth-order valence-electron chi connectivity index (χ4n) is 4.35. The van der Waals surface area contributed by atoms with Crippen molar-refractivity contribution in [3.05, 3.63) is 102 Å². The highest BCUT2D eigenvalue weighted by atomic mass is 16.5. The molecule has 0 aliphatic heterocycles. The molecule has 0 aliphatic carbocycles. The van der Waals surface area contributed by atoms with Gasteiger partial charge in [-0.1, -0.05) is 54.6 Å². The predicted molar refractivity (Wildman–Crippen MR) is 143 cm³/mol. The zero-order valence-electron chi connectivity index (χ0n) is 21.1. The van der Waals surface area contributed by atoms with Crippen LogP contribution in [0.1, 0.15) is 35.3 Å². The summed E-state index contributed by atoms with van der Waals surface area (Å²) in [5.41, 5.74) is 3.82. The zero-order chi connectivity index (χ0) is 25.5. The molecule has 0 atom stereocenters. The minimum atomic E-state index is -0.187. The average molecular weight is 484 g/mol. The van der Waals surface area contributed by atoms with Crippen molar-refractivity contribution in [2.45, 2.75) is 32.9 Å². The number of ether oxygens (including phenoxy) is 1. The maximum Gasteiger partial charge on any atom is 0.254 e. The number of hydrogen-bond acceptors (Lipinski definition) is 3. The topological polar surface area (TPSA) is 65.6 Å². The number of para-hydroxylation sites is 1. The van der Waals surface area contributed by atoms with Gasteiger partial charge in [-0.25, -0.2) is 0 Å². The van der Waals surface area contributed by atoms with Crippen LogP contribution in [0.2, 0.25) is 0 Å². The molecule has 0 spiro atoms. The molecule has 36 heavy (non-hydrogen) atoms. The molecule has 2 amide bonds. The van der Waals surface area contributed by atoms with E-state index in [1.807, 2.05) is 67.4 Å². The van der Waals surface area contributed by atoms with Crippen molar-refractivity contribution >= 4 is 22.7 Å². The molecule has 0 saturated heterocycles. The Bertz CT molecular complexity index is 1310. The highest BCUT2D eigenvalue weighted by Crippen LogP contribution is 2.20. The van der Waals surface area contributed by atoms with Crippen molar-refractivity contribution in [2.75, 3.05) is 20.2 Å². The Kier molecular flexibility index (Phi) is 8.06. The molecule has 1 aromatic heterocycles. The fraction of sp³-hybridized carbons (Fsp3) is 0.267. The van der Waals surface area contributed by atoms with E-state index in [4.69, 9.17) is 4.74 Å². The molecule has 4 rings (SSSR count).